The number of halogens is 3. The lowest BCUT2D eigenvalue weighted by molar-refractivity contribution is 0.408. The lowest BCUT2D eigenvalue weighted by atomic mass is 10.3. The molecule has 3 rings (SSSR count). The molecule has 0 saturated carbocycles. The molecule has 2 aromatic carbocycles. The average molecular weight is 476 g/mol. The van der Waals surface area contributed by atoms with E-state index in [2.05, 4.69) is 14.9 Å². The molecule has 1 N–H and O–H groups in total. The summed E-state index contributed by atoms with van der Waals surface area (Å²) in [7, 11) is -3.86. The van der Waals surface area contributed by atoms with Gasteiger partial charge in [0.15, 0.2) is 5.82 Å². The number of nitrogens with zero attached hydrogens (tertiary/aromatic N) is 3. The van der Waals surface area contributed by atoms with Crippen LogP contribution in [0.5, 0.6) is 11.8 Å². The fourth-order valence-electron chi connectivity index (χ4n) is 2.62. The zero-order valence-corrected chi connectivity index (χ0v) is 18.5. The summed E-state index contributed by atoms with van der Waals surface area (Å²) in [5.74, 6) is 0.810. The molecule has 1 atom stereocenters. The molecule has 0 bridgehead atoms. The minimum atomic E-state index is -3.86. The van der Waals surface area contributed by atoms with E-state index in [0.29, 0.717) is 23.1 Å². The van der Waals surface area contributed by atoms with Crippen molar-refractivity contribution in [3.8, 4) is 11.8 Å². The number of rotatable bonds is 7. The molecule has 0 unspecified atom stereocenters. The zero-order valence-electron chi connectivity index (χ0n) is 15.4. The molecule has 0 spiro atoms. The van der Waals surface area contributed by atoms with Crippen molar-refractivity contribution in [3.05, 3.63) is 63.4 Å². The number of sulfonamides is 1. The second kappa shape index (κ2) is 8.89. The van der Waals surface area contributed by atoms with E-state index in [1.54, 1.807) is 35.8 Å². The van der Waals surface area contributed by atoms with Gasteiger partial charge in [-0.1, -0.05) is 52.0 Å². The van der Waals surface area contributed by atoms with E-state index in [-0.39, 0.29) is 21.0 Å². The summed E-state index contributed by atoms with van der Waals surface area (Å²) >= 11 is 17.9. The summed E-state index contributed by atoms with van der Waals surface area (Å²) in [4.78, 5) is -0.00569. The molecular weight excluding hydrogens is 459 g/mol. The summed E-state index contributed by atoms with van der Waals surface area (Å²) in [6.45, 7) is 3.98. The van der Waals surface area contributed by atoms with E-state index in [4.69, 9.17) is 39.5 Å². The lowest BCUT2D eigenvalue weighted by Gasteiger charge is -2.15. The van der Waals surface area contributed by atoms with Crippen LogP contribution >= 0.6 is 34.8 Å². The van der Waals surface area contributed by atoms with E-state index in [1.165, 1.54) is 18.2 Å². The third kappa shape index (κ3) is 4.84. The molecule has 1 heterocycles. The first kappa shape index (κ1) is 21.9. The van der Waals surface area contributed by atoms with Crippen molar-refractivity contribution in [1.29, 1.82) is 0 Å². The number of benzene rings is 2. The quantitative estimate of drug-likeness (QED) is 0.514. The molecule has 7 nitrogen and oxygen atoms in total. The Hall–Kier alpha value is -1.84. The van der Waals surface area contributed by atoms with Crippen LogP contribution in [0, 0.1) is 0 Å². The van der Waals surface area contributed by atoms with Crippen LogP contribution in [0.15, 0.2) is 47.4 Å². The van der Waals surface area contributed by atoms with Gasteiger partial charge >= 0.3 is 6.01 Å². The van der Waals surface area contributed by atoms with E-state index >= 15 is 0 Å². The molecule has 0 aliphatic carbocycles. The standard InChI is InChI=1S/C18H17Cl3N4O3S/c1-3-25-17(22-23-18(25)28-16-7-5-4-6-14(16)20)11(2)24-29(26,27)12-8-9-13(19)15(21)10-12/h4-11,24H,3H2,1-2H3/t11-/m1/s1. The molecule has 0 aliphatic rings. The Kier molecular flexibility index (Phi) is 6.70. The van der Waals surface area contributed by atoms with Crippen LogP contribution in [0.4, 0.5) is 0 Å². The van der Waals surface area contributed by atoms with Gasteiger partial charge in [0.1, 0.15) is 5.75 Å². The second-order valence-corrected chi connectivity index (χ2v) is 8.97. The van der Waals surface area contributed by atoms with Crippen molar-refractivity contribution < 1.29 is 13.2 Å². The van der Waals surface area contributed by atoms with Crippen molar-refractivity contribution in [2.45, 2.75) is 31.3 Å². The summed E-state index contributed by atoms with van der Waals surface area (Å²) < 4.78 is 35.4. The van der Waals surface area contributed by atoms with Crippen LogP contribution < -0.4 is 9.46 Å². The predicted molar refractivity (Wildman–Crippen MR) is 112 cm³/mol. The van der Waals surface area contributed by atoms with Gasteiger partial charge in [-0.2, -0.15) is 0 Å². The molecule has 29 heavy (non-hydrogen) atoms. The minimum Gasteiger partial charge on any atom is -0.423 e. The molecule has 0 amide bonds. The van der Waals surface area contributed by atoms with Crippen molar-refractivity contribution in [2.75, 3.05) is 0 Å². The van der Waals surface area contributed by atoms with Crippen LogP contribution in [0.3, 0.4) is 0 Å². The van der Waals surface area contributed by atoms with Gasteiger partial charge in [-0.15, -0.1) is 5.10 Å². The Morgan fingerprint density at radius 1 is 1.07 bits per heavy atom. The topological polar surface area (TPSA) is 86.1 Å². The minimum absolute atomic E-state index is 0.00569. The first-order valence-electron chi connectivity index (χ1n) is 8.55. The third-order valence-electron chi connectivity index (χ3n) is 4.02. The first-order chi connectivity index (χ1) is 13.7. The van der Waals surface area contributed by atoms with Gasteiger partial charge in [0.25, 0.3) is 0 Å². The molecule has 0 saturated heterocycles. The highest BCUT2D eigenvalue weighted by Crippen LogP contribution is 2.30. The SMILES string of the molecule is CCn1c(Oc2ccccc2Cl)nnc1[C@@H](C)NS(=O)(=O)c1ccc(Cl)c(Cl)c1. The van der Waals surface area contributed by atoms with Crippen molar-refractivity contribution in [1.82, 2.24) is 19.5 Å². The summed E-state index contributed by atoms with van der Waals surface area (Å²) in [5, 5.41) is 8.97. The van der Waals surface area contributed by atoms with Gasteiger partial charge in [-0.25, -0.2) is 13.1 Å². The number of hydrogen-bond acceptors (Lipinski definition) is 5. The van der Waals surface area contributed by atoms with Crippen LogP contribution in [0.25, 0.3) is 0 Å². The van der Waals surface area contributed by atoms with E-state index in [1.807, 2.05) is 6.92 Å². The highest BCUT2D eigenvalue weighted by molar-refractivity contribution is 7.89. The Bertz CT molecular complexity index is 1140. The molecule has 0 aliphatic heterocycles. The average Bonchev–Trinajstić information content (AvgIpc) is 3.08. The normalized spacial score (nSPS) is 12.7. The summed E-state index contributed by atoms with van der Waals surface area (Å²) in [6.07, 6.45) is 0. The molecule has 11 heteroatoms. The van der Waals surface area contributed by atoms with E-state index in [9.17, 15) is 8.42 Å². The van der Waals surface area contributed by atoms with Crippen LogP contribution in [0.2, 0.25) is 15.1 Å². The molecular formula is C18H17Cl3N4O3S. The van der Waals surface area contributed by atoms with Gasteiger partial charge < -0.3 is 4.74 Å². The number of aromatic nitrogens is 3. The van der Waals surface area contributed by atoms with Crippen molar-refractivity contribution >= 4 is 44.8 Å². The van der Waals surface area contributed by atoms with Crippen molar-refractivity contribution in [3.63, 3.8) is 0 Å². The van der Waals surface area contributed by atoms with Crippen LogP contribution in [0.1, 0.15) is 25.7 Å². The van der Waals surface area contributed by atoms with Crippen molar-refractivity contribution in [2.24, 2.45) is 0 Å². The fourth-order valence-corrected chi connectivity index (χ4v) is 4.38. The highest BCUT2D eigenvalue weighted by Gasteiger charge is 2.24. The number of hydrogen-bond donors (Lipinski definition) is 1. The maximum Gasteiger partial charge on any atom is 0.322 e. The Balaban J connectivity index is 1.85. The monoisotopic (exact) mass is 474 g/mol. The predicted octanol–water partition coefficient (Wildman–Crippen LogP) is 5.09. The molecule has 3 aromatic rings. The Morgan fingerprint density at radius 3 is 2.45 bits per heavy atom. The second-order valence-electron chi connectivity index (χ2n) is 6.04. The Morgan fingerprint density at radius 2 is 1.79 bits per heavy atom. The van der Waals surface area contributed by atoms with Crippen LogP contribution in [-0.4, -0.2) is 23.2 Å². The summed E-state index contributed by atoms with van der Waals surface area (Å²) in [6, 6.07) is 10.6. The third-order valence-corrected chi connectivity index (χ3v) is 6.61. The number of para-hydroxylation sites is 1. The lowest BCUT2D eigenvalue weighted by Crippen LogP contribution is -2.29. The van der Waals surface area contributed by atoms with Gasteiger partial charge in [0, 0.05) is 6.54 Å². The summed E-state index contributed by atoms with van der Waals surface area (Å²) in [5.41, 5.74) is 0. The van der Waals surface area contributed by atoms with Gasteiger partial charge in [-0.3, -0.25) is 4.57 Å². The van der Waals surface area contributed by atoms with Gasteiger partial charge in [0.05, 0.1) is 26.0 Å². The number of ether oxygens (including phenoxy) is 1. The van der Waals surface area contributed by atoms with Gasteiger partial charge in [0.2, 0.25) is 10.0 Å². The van der Waals surface area contributed by atoms with Gasteiger partial charge in [-0.05, 0) is 44.2 Å². The van der Waals surface area contributed by atoms with E-state index < -0.39 is 16.1 Å². The maximum absolute atomic E-state index is 12.7. The fraction of sp³-hybridized carbons (Fsp3) is 0.222. The van der Waals surface area contributed by atoms with Crippen LogP contribution in [-0.2, 0) is 16.6 Å². The largest absolute Gasteiger partial charge is 0.423 e. The molecule has 1 aromatic heterocycles. The maximum atomic E-state index is 12.7. The molecule has 0 radical (unpaired) electrons. The Labute approximate surface area is 183 Å². The zero-order chi connectivity index (χ0) is 21.2. The number of nitrogens with one attached hydrogen (secondary N) is 1. The molecule has 154 valence electrons. The van der Waals surface area contributed by atoms with E-state index in [0.717, 1.165) is 0 Å². The first-order valence-corrected chi connectivity index (χ1v) is 11.2. The smallest absolute Gasteiger partial charge is 0.322 e. The highest BCUT2D eigenvalue weighted by atomic mass is 35.5. The molecule has 0 fully saturated rings.